The van der Waals surface area contributed by atoms with Crippen LogP contribution in [0, 0.1) is 11.2 Å². The van der Waals surface area contributed by atoms with Gasteiger partial charge >= 0.3 is 0 Å². The molecular formula is C15H22FNO. The van der Waals surface area contributed by atoms with Gasteiger partial charge in [-0.2, -0.15) is 0 Å². The fourth-order valence-electron chi connectivity index (χ4n) is 2.44. The molecule has 1 aromatic carbocycles. The van der Waals surface area contributed by atoms with Crippen LogP contribution in [0.5, 0.6) is 0 Å². The fourth-order valence-corrected chi connectivity index (χ4v) is 2.44. The van der Waals surface area contributed by atoms with Crippen LogP contribution < -0.4 is 5.73 Å². The van der Waals surface area contributed by atoms with Crippen molar-refractivity contribution in [3.8, 4) is 0 Å². The van der Waals surface area contributed by atoms with E-state index in [1.54, 1.807) is 6.07 Å². The van der Waals surface area contributed by atoms with Crippen LogP contribution in [-0.2, 0) is 11.3 Å². The lowest BCUT2D eigenvalue weighted by Crippen LogP contribution is -2.26. The van der Waals surface area contributed by atoms with Crippen molar-refractivity contribution in [1.29, 1.82) is 0 Å². The Labute approximate surface area is 108 Å². The van der Waals surface area contributed by atoms with Crippen LogP contribution >= 0.6 is 0 Å². The number of halogens is 1. The molecule has 2 nitrogen and oxygen atoms in total. The molecule has 0 spiro atoms. The Morgan fingerprint density at radius 2 is 2.00 bits per heavy atom. The molecule has 18 heavy (non-hydrogen) atoms. The normalized spacial score (nSPS) is 19.9. The summed E-state index contributed by atoms with van der Waals surface area (Å²) >= 11 is 0. The zero-order valence-electron chi connectivity index (χ0n) is 11.2. The van der Waals surface area contributed by atoms with E-state index in [1.165, 1.54) is 25.0 Å². The van der Waals surface area contributed by atoms with Crippen molar-refractivity contribution in [2.45, 2.75) is 52.2 Å². The topological polar surface area (TPSA) is 35.2 Å². The molecule has 1 aliphatic rings. The first-order chi connectivity index (χ1) is 8.46. The third kappa shape index (κ3) is 3.45. The maximum absolute atomic E-state index is 12.9. The minimum absolute atomic E-state index is 0.296. The van der Waals surface area contributed by atoms with Crippen molar-refractivity contribution >= 4 is 5.69 Å². The molecule has 0 unspecified atom stereocenters. The van der Waals surface area contributed by atoms with Crippen molar-refractivity contribution in [2.24, 2.45) is 5.41 Å². The highest BCUT2D eigenvalue weighted by Gasteiger charge is 2.27. The molecular weight excluding hydrogens is 229 g/mol. The van der Waals surface area contributed by atoms with Gasteiger partial charge in [-0.1, -0.05) is 19.9 Å². The Morgan fingerprint density at radius 1 is 1.33 bits per heavy atom. The van der Waals surface area contributed by atoms with Gasteiger partial charge in [-0.3, -0.25) is 0 Å². The summed E-state index contributed by atoms with van der Waals surface area (Å²) in [7, 11) is 0. The monoisotopic (exact) mass is 251 g/mol. The summed E-state index contributed by atoms with van der Waals surface area (Å²) < 4.78 is 18.8. The molecule has 0 heterocycles. The number of anilines is 1. The number of rotatable bonds is 3. The molecule has 1 saturated carbocycles. The van der Waals surface area contributed by atoms with E-state index in [0.717, 1.165) is 18.4 Å². The zero-order chi connectivity index (χ0) is 13.2. The maximum Gasteiger partial charge on any atom is 0.125 e. The summed E-state index contributed by atoms with van der Waals surface area (Å²) in [6.07, 6.45) is 4.94. The molecule has 1 fully saturated rings. The number of ether oxygens (including phenoxy) is 1. The second kappa shape index (κ2) is 5.27. The zero-order valence-corrected chi connectivity index (χ0v) is 11.2. The summed E-state index contributed by atoms with van der Waals surface area (Å²) in [4.78, 5) is 0. The quantitative estimate of drug-likeness (QED) is 0.827. The molecule has 0 radical (unpaired) electrons. The predicted octanol–water partition coefficient (Wildman–Crippen LogP) is 3.89. The second-order valence-corrected chi connectivity index (χ2v) is 6.02. The van der Waals surface area contributed by atoms with Gasteiger partial charge in [0.15, 0.2) is 0 Å². The third-order valence-corrected chi connectivity index (χ3v) is 3.87. The average molecular weight is 251 g/mol. The highest BCUT2D eigenvalue weighted by Crippen LogP contribution is 2.36. The lowest BCUT2D eigenvalue weighted by Gasteiger charge is -2.34. The fraction of sp³-hybridized carbons (Fsp3) is 0.600. The number of nitrogens with two attached hydrogens (primary N) is 1. The van der Waals surface area contributed by atoms with E-state index in [4.69, 9.17) is 10.5 Å². The molecule has 2 N–H and O–H groups in total. The van der Waals surface area contributed by atoms with Gasteiger partial charge in [-0.15, -0.1) is 0 Å². The van der Waals surface area contributed by atoms with E-state index < -0.39 is 0 Å². The SMILES string of the molecule is CC1(C)CCC(OCc2ccc(F)cc2N)CC1. The molecule has 2 rings (SSSR count). The minimum atomic E-state index is -0.296. The summed E-state index contributed by atoms with van der Waals surface area (Å²) in [6.45, 7) is 5.10. The van der Waals surface area contributed by atoms with E-state index in [9.17, 15) is 4.39 Å². The first kappa shape index (κ1) is 13.3. The number of nitrogen functional groups attached to an aromatic ring is 1. The first-order valence-corrected chi connectivity index (χ1v) is 6.62. The summed E-state index contributed by atoms with van der Waals surface area (Å²) in [5.41, 5.74) is 7.57. The van der Waals surface area contributed by atoms with Crippen LogP contribution in [0.3, 0.4) is 0 Å². The van der Waals surface area contributed by atoms with Crippen LogP contribution in [0.4, 0.5) is 10.1 Å². The Kier molecular flexibility index (Phi) is 3.91. The minimum Gasteiger partial charge on any atom is -0.398 e. The van der Waals surface area contributed by atoms with Crippen molar-refractivity contribution in [2.75, 3.05) is 5.73 Å². The van der Waals surface area contributed by atoms with Crippen LogP contribution in [0.15, 0.2) is 18.2 Å². The van der Waals surface area contributed by atoms with Crippen LogP contribution in [0.25, 0.3) is 0 Å². The van der Waals surface area contributed by atoms with Gasteiger partial charge in [0.2, 0.25) is 0 Å². The average Bonchev–Trinajstić information content (AvgIpc) is 2.29. The molecule has 0 atom stereocenters. The van der Waals surface area contributed by atoms with Crippen LogP contribution in [0.2, 0.25) is 0 Å². The lowest BCUT2D eigenvalue weighted by atomic mass is 9.76. The van der Waals surface area contributed by atoms with Gasteiger partial charge in [0.05, 0.1) is 12.7 Å². The number of benzene rings is 1. The number of hydrogen-bond donors (Lipinski definition) is 1. The van der Waals surface area contributed by atoms with E-state index in [0.29, 0.717) is 23.8 Å². The Morgan fingerprint density at radius 3 is 2.61 bits per heavy atom. The van der Waals surface area contributed by atoms with Gasteiger partial charge < -0.3 is 10.5 Å². The number of hydrogen-bond acceptors (Lipinski definition) is 2. The smallest absolute Gasteiger partial charge is 0.125 e. The van der Waals surface area contributed by atoms with E-state index in [2.05, 4.69) is 13.8 Å². The Hall–Kier alpha value is -1.09. The molecule has 0 aromatic heterocycles. The van der Waals surface area contributed by atoms with Gasteiger partial charge in [0.25, 0.3) is 0 Å². The lowest BCUT2D eigenvalue weighted by molar-refractivity contribution is -0.00537. The summed E-state index contributed by atoms with van der Waals surface area (Å²) in [5.74, 6) is -0.296. The standard InChI is InChI=1S/C15H22FNO/c1-15(2)7-5-13(6-8-15)18-10-11-3-4-12(16)9-14(11)17/h3-4,9,13H,5-8,10,17H2,1-2H3. The molecule has 1 aliphatic carbocycles. The molecule has 0 saturated heterocycles. The summed E-state index contributed by atoms with van der Waals surface area (Å²) in [6, 6.07) is 4.49. The third-order valence-electron chi connectivity index (χ3n) is 3.87. The van der Waals surface area contributed by atoms with Gasteiger partial charge in [-0.05, 0) is 43.2 Å². The van der Waals surface area contributed by atoms with E-state index in [1.807, 2.05) is 0 Å². The van der Waals surface area contributed by atoms with Gasteiger partial charge in [0, 0.05) is 11.3 Å². The molecule has 1 aromatic rings. The van der Waals surface area contributed by atoms with Crippen LogP contribution in [0.1, 0.15) is 45.1 Å². The largest absolute Gasteiger partial charge is 0.398 e. The predicted molar refractivity (Wildman–Crippen MR) is 71.6 cm³/mol. The second-order valence-electron chi connectivity index (χ2n) is 6.02. The van der Waals surface area contributed by atoms with Crippen molar-refractivity contribution in [3.05, 3.63) is 29.6 Å². The van der Waals surface area contributed by atoms with Crippen molar-refractivity contribution in [3.63, 3.8) is 0 Å². The molecule has 0 amide bonds. The van der Waals surface area contributed by atoms with E-state index in [-0.39, 0.29) is 5.82 Å². The molecule has 0 aliphatic heterocycles. The Balaban J connectivity index is 1.85. The van der Waals surface area contributed by atoms with Gasteiger partial charge in [0.1, 0.15) is 5.82 Å². The highest BCUT2D eigenvalue weighted by atomic mass is 19.1. The summed E-state index contributed by atoms with van der Waals surface area (Å²) in [5, 5.41) is 0. The first-order valence-electron chi connectivity index (χ1n) is 6.62. The Bertz CT molecular complexity index is 407. The molecule has 100 valence electrons. The maximum atomic E-state index is 12.9. The van der Waals surface area contributed by atoms with Crippen molar-refractivity contribution in [1.82, 2.24) is 0 Å². The van der Waals surface area contributed by atoms with Crippen molar-refractivity contribution < 1.29 is 9.13 Å². The van der Waals surface area contributed by atoms with Crippen LogP contribution in [-0.4, -0.2) is 6.10 Å². The molecule has 3 heteroatoms. The van der Waals surface area contributed by atoms with Gasteiger partial charge in [-0.25, -0.2) is 4.39 Å². The van der Waals surface area contributed by atoms with E-state index >= 15 is 0 Å². The highest BCUT2D eigenvalue weighted by molar-refractivity contribution is 5.46. The molecule has 0 bridgehead atoms.